The highest BCUT2D eigenvalue weighted by atomic mass is 16.5. The number of rotatable bonds is 2. The number of likely N-dealkylation sites (N-methyl/N-ethyl adjacent to an activating group) is 1. The molecule has 3 heterocycles. The van der Waals surface area contributed by atoms with Crippen molar-refractivity contribution in [2.24, 2.45) is 0 Å². The molecule has 6 heteroatoms. The zero-order valence-corrected chi connectivity index (χ0v) is 14.8. The van der Waals surface area contributed by atoms with Crippen LogP contribution < -0.4 is 0 Å². The number of amides is 1. The highest BCUT2D eigenvalue weighted by Crippen LogP contribution is 2.32. The number of carbonyl (C=O) groups is 1. The summed E-state index contributed by atoms with van der Waals surface area (Å²) in [5.74, 6) is 1.20. The third-order valence-corrected chi connectivity index (χ3v) is 5.78. The van der Waals surface area contributed by atoms with Crippen molar-refractivity contribution in [1.29, 1.82) is 0 Å². The summed E-state index contributed by atoms with van der Waals surface area (Å²) in [6.07, 6.45) is 2.65. The lowest BCUT2D eigenvalue weighted by Crippen LogP contribution is -2.60. The molecule has 2 aliphatic heterocycles. The first-order valence-electron chi connectivity index (χ1n) is 8.50. The van der Waals surface area contributed by atoms with E-state index in [0.29, 0.717) is 6.42 Å². The molecule has 0 unspecified atom stereocenters. The molecule has 128 valence electrons. The Morgan fingerprint density at radius 1 is 1.17 bits per heavy atom. The lowest BCUT2D eigenvalue weighted by molar-refractivity contribution is -0.129. The summed E-state index contributed by atoms with van der Waals surface area (Å²) in [6.45, 7) is 8.84. The highest BCUT2D eigenvalue weighted by Gasteiger charge is 2.41. The zero-order chi connectivity index (χ0) is 16.6. The second-order valence-electron chi connectivity index (χ2n) is 7.22. The Hall–Kier alpha value is -1.40. The summed E-state index contributed by atoms with van der Waals surface area (Å²) in [5.41, 5.74) is 2.32. The van der Waals surface area contributed by atoms with E-state index in [9.17, 15) is 4.79 Å². The van der Waals surface area contributed by atoms with Gasteiger partial charge >= 0.3 is 0 Å². The van der Waals surface area contributed by atoms with Crippen molar-refractivity contribution in [2.75, 3.05) is 40.3 Å². The summed E-state index contributed by atoms with van der Waals surface area (Å²) in [7, 11) is 4.13. The van der Waals surface area contributed by atoms with Crippen molar-refractivity contribution in [3.05, 3.63) is 17.0 Å². The molecule has 1 aromatic heterocycles. The third-order valence-electron chi connectivity index (χ3n) is 5.78. The minimum Gasteiger partial charge on any atom is -0.361 e. The molecule has 0 aliphatic carbocycles. The summed E-state index contributed by atoms with van der Waals surface area (Å²) in [5, 5.41) is 4.07. The van der Waals surface area contributed by atoms with Gasteiger partial charge in [0.25, 0.3) is 0 Å². The molecular weight excluding hydrogens is 292 g/mol. The molecule has 6 nitrogen and oxygen atoms in total. The van der Waals surface area contributed by atoms with Crippen LogP contribution in [-0.2, 0) is 11.3 Å². The van der Waals surface area contributed by atoms with E-state index in [1.807, 2.05) is 25.8 Å². The van der Waals surface area contributed by atoms with Gasteiger partial charge in [-0.1, -0.05) is 5.16 Å². The molecule has 2 fully saturated rings. The number of piperazine rings is 1. The van der Waals surface area contributed by atoms with Crippen LogP contribution in [0.1, 0.15) is 36.3 Å². The number of hydrogen-bond donors (Lipinski definition) is 0. The van der Waals surface area contributed by atoms with E-state index in [1.165, 1.54) is 5.56 Å². The second kappa shape index (κ2) is 6.24. The molecule has 0 saturated carbocycles. The maximum atomic E-state index is 12.0. The van der Waals surface area contributed by atoms with Crippen LogP contribution in [0, 0.1) is 13.8 Å². The second-order valence-corrected chi connectivity index (χ2v) is 7.22. The van der Waals surface area contributed by atoms with E-state index in [1.54, 1.807) is 0 Å². The fraction of sp³-hybridized carbons (Fsp3) is 0.765. The molecule has 1 spiro atoms. The number of nitrogens with zero attached hydrogens (tertiary/aromatic N) is 4. The van der Waals surface area contributed by atoms with Gasteiger partial charge in [-0.2, -0.15) is 0 Å². The minimum absolute atomic E-state index is 0.109. The molecule has 0 aromatic carbocycles. The monoisotopic (exact) mass is 320 g/mol. The van der Waals surface area contributed by atoms with E-state index >= 15 is 0 Å². The third kappa shape index (κ3) is 3.15. The fourth-order valence-electron chi connectivity index (χ4n) is 3.93. The van der Waals surface area contributed by atoms with Gasteiger partial charge in [0.1, 0.15) is 5.76 Å². The van der Waals surface area contributed by atoms with Crippen LogP contribution in [0.15, 0.2) is 4.52 Å². The summed E-state index contributed by atoms with van der Waals surface area (Å²) >= 11 is 0. The number of likely N-dealkylation sites (tertiary alicyclic amines) is 1. The van der Waals surface area contributed by atoms with E-state index in [0.717, 1.165) is 57.0 Å². The normalized spacial score (nSPS) is 27.7. The molecule has 3 rings (SSSR count). The SMILES string of the molecule is Cc1noc(C)c1CN1CCN(C)[C@@]2(CCC(=O)N(C)CC2)C1. The number of carbonyl (C=O) groups excluding carboxylic acids is 1. The lowest BCUT2D eigenvalue weighted by atomic mass is 9.86. The van der Waals surface area contributed by atoms with Gasteiger partial charge in [0.2, 0.25) is 5.91 Å². The van der Waals surface area contributed by atoms with E-state index < -0.39 is 0 Å². The Balaban J connectivity index is 1.75. The topological polar surface area (TPSA) is 52.8 Å². The molecule has 0 radical (unpaired) electrons. The largest absolute Gasteiger partial charge is 0.361 e. The number of aromatic nitrogens is 1. The highest BCUT2D eigenvalue weighted by molar-refractivity contribution is 5.76. The average Bonchev–Trinajstić information content (AvgIpc) is 2.77. The van der Waals surface area contributed by atoms with Crippen molar-refractivity contribution >= 4 is 5.91 Å². The van der Waals surface area contributed by atoms with E-state index in [2.05, 4.69) is 22.0 Å². The molecular formula is C17H28N4O2. The predicted molar refractivity (Wildman–Crippen MR) is 88.1 cm³/mol. The zero-order valence-electron chi connectivity index (χ0n) is 14.8. The van der Waals surface area contributed by atoms with Gasteiger partial charge in [-0.3, -0.25) is 14.6 Å². The molecule has 2 aliphatic rings. The standard InChI is InChI=1S/C17H28N4O2/c1-13-15(14(2)23-18-13)11-21-10-9-20(4)17(12-21)6-5-16(22)19(3)8-7-17/h5-12H2,1-4H3/t17-/m1/s1. The first-order valence-corrected chi connectivity index (χ1v) is 8.50. The molecule has 1 aromatic rings. The van der Waals surface area contributed by atoms with Gasteiger partial charge < -0.3 is 9.42 Å². The van der Waals surface area contributed by atoms with E-state index in [4.69, 9.17) is 4.52 Å². The van der Waals surface area contributed by atoms with Gasteiger partial charge in [-0.25, -0.2) is 0 Å². The molecule has 1 atom stereocenters. The quantitative estimate of drug-likeness (QED) is 0.825. The van der Waals surface area contributed by atoms with Crippen molar-refractivity contribution in [3.8, 4) is 0 Å². The number of aryl methyl sites for hydroxylation is 2. The Labute approximate surface area is 138 Å². The van der Waals surface area contributed by atoms with Gasteiger partial charge in [-0.15, -0.1) is 0 Å². The average molecular weight is 320 g/mol. The Morgan fingerprint density at radius 2 is 1.96 bits per heavy atom. The lowest BCUT2D eigenvalue weighted by Gasteiger charge is -2.49. The van der Waals surface area contributed by atoms with Crippen LogP contribution in [0.2, 0.25) is 0 Å². The summed E-state index contributed by atoms with van der Waals surface area (Å²) in [4.78, 5) is 18.9. The molecule has 2 saturated heterocycles. The Morgan fingerprint density at radius 3 is 2.65 bits per heavy atom. The van der Waals surface area contributed by atoms with Crippen LogP contribution in [0.5, 0.6) is 0 Å². The number of hydrogen-bond acceptors (Lipinski definition) is 5. The van der Waals surface area contributed by atoms with Crippen LogP contribution >= 0.6 is 0 Å². The Kier molecular flexibility index (Phi) is 4.47. The van der Waals surface area contributed by atoms with Gasteiger partial charge in [0.05, 0.1) is 5.69 Å². The van der Waals surface area contributed by atoms with Crippen molar-refractivity contribution in [2.45, 2.75) is 45.2 Å². The van der Waals surface area contributed by atoms with Gasteiger partial charge in [0, 0.05) is 57.3 Å². The first-order chi connectivity index (χ1) is 10.9. The summed E-state index contributed by atoms with van der Waals surface area (Å²) in [6, 6.07) is 0. The smallest absolute Gasteiger partial charge is 0.222 e. The Bertz CT molecular complexity index is 566. The van der Waals surface area contributed by atoms with E-state index in [-0.39, 0.29) is 11.4 Å². The van der Waals surface area contributed by atoms with Crippen LogP contribution in [0.3, 0.4) is 0 Å². The molecule has 0 N–H and O–H groups in total. The molecule has 1 amide bonds. The van der Waals surface area contributed by atoms with Crippen LogP contribution in [0.4, 0.5) is 0 Å². The van der Waals surface area contributed by atoms with Crippen LogP contribution in [0.25, 0.3) is 0 Å². The van der Waals surface area contributed by atoms with Crippen LogP contribution in [-0.4, -0.2) is 71.6 Å². The molecule has 0 bridgehead atoms. The first kappa shape index (κ1) is 16.5. The van der Waals surface area contributed by atoms with Crippen molar-refractivity contribution < 1.29 is 9.32 Å². The predicted octanol–water partition coefficient (Wildman–Crippen LogP) is 1.42. The maximum absolute atomic E-state index is 12.0. The fourth-order valence-corrected chi connectivity index (χ4v) is 3.93. The van der Waals surface area contributed by atoms with Crippen molar-refractivity contribution in [1.82, 2.24) is 19.9 Å². The maximum Gasteiger partial charge on any atom is 0.222 e. The van der Waals surface area contributed by atoms with Crippen molar-refractivity contribution in [3.63, 3.8) is 0 Å². The van der Waals surface area contributed by atoms with Gasteiger partial charge in [-0.05, 0) is 33.7 Å². The van der Waals surface area contributed by atoms with Gasteiger partial charge in [0.15, 0.2) is 0 Å². The molecule has 23 heavy (non-hydrogen) atoms. The minimum atomic E-state index is 0.109. The summed E-state index contributed by atoms with van der Waals surface area (Å²) < 4.78 is 5.30.